The molecule has 0 spiro atoms. The highest BCUT2D eigenvalue weighted by atomic mass is 35.5. The van der Waals surface area contributed by atoms with E-state index in [9.17, 15) is 4.79 Å². The van der Waals surface area contributed by atoms with Gasteiger partial charge < -0.3 is 54.1 Å². The molecule has 0 radical (unpaired) electrons. The molecule has 3 saturated heterocycles. The summed E-state index contributed by atoms with van der Waals surface area (Å²) in [6, 6.07) is 49.0. The first-order valence-electron chi connectivity index (χ1n) is 37.1. The topological polar surface area (TPSA) is 230 Å². The lowest BCUT2D eigenvalue weighted by atomic mass is 10.1. The highest BCUT2D eigenvalue weighted by molar-refractivity contribution is 6.35. The zero-order valence-electron chi connectivity index (χ0n) is 64.1. The SMILES string of the molecule is CCO.CN1CCNCC1.COc1ccc(Cn2cc3c(n2)c(=O)[nH]c2ccc(C)cc23)cc1.COc1ccc(Cn2cc3c(n2)c(Cl)nc2ccc(C)cc23)cc1.COc1ccc(Cn2cc3c(n2)c(N2CCN(C)CC2)nc2ccc(C)cc23)cc1.Cc1ccc2nc(N3CCN(C)CC3)c3[nH]ncc3c2c1. The molecule has 0 saturated carbocycles. The van der Waals surface area contributed by atoms with Crippen molar-refractivity contribution in [1.82, 2.24) is 79.5 Å². The van der Waals surface area contributed by atoms with Gasteiger partial charge in [-0.15, -0.1) is 0 Å². The molecule has 0 bridgehead atoms. The third kappa shape index (κ3) is 18.2. The van der Waals surface area contributed by atoms with E-state index >= 15 is 0 Å². The number of piperazine rings is 3. The molecule has 24 heteroatoms. The number of anilines is 2. The average Bonchev–Trinajstić information content (AvgIpc) is 1.73. The van der Waals surface area contributed by atoms with E-state index in [1.807, 2.05) is 124 Å². The molecule has 109 heavy (non-hydrogen) atoms. The van der Waals surface area contributed by atoms with E-state index in [-0.39, 0.29) is 12.2 Å². The number of hydrogen-bond acceptors (Lipinski definition) is 18. The summed E-state index contributed by atoms with van der Waals surface area (Å²) in [5.74, 6) is 4.57. The zero-order chi connectivity index (χ0) is 76.2. The van der Waals surface area contributed by atoms with Crippen LogP contribution in [0.1, 0.15) is 45.9 Å². The molecule has 564 valence electrons. The molecule has 18 rings (SSSR count). The molecule has 15 aromatic rings. The molecule has 3 aliphatic heterocycles. The minimum Gasteiger partial charge on any atom is -0.497 e. The van der Waals surface area contributed by atoms with Crippen LogP contribution in [0.3, 0.4) is 0 Å². The van der Waals surface area contributed by atoms with Crippen LogP contribution < -0.4 is 34.9 Å². The first-order valence-corrected chi connectivity index (χ1v) is 37.5. The molecule has 8 aromatic heterocycles. The Hall–Kier alpha value is -11.1. The van der Waals surface area contributed by atoms with Crippen molar-refractivity contribution in [1.29, 1.82) is 0 Å². The number of ether oxygens (including phenoxy) is 3. The van der Waals surface area contributed by atoms with Crippen molar-refractivity contribution in [2.45, 2.75) is 54.3 Å². The maximum atomic E-state index is 12.3. The van der Waals surface area contributed by atoms with E-state index in [1.165, 1.54) is 51.5 Å². The number of H-pyrrole nitrogens is 2. The van der Waals surface area contributed by atoms with Crippen LogP contribution in [-0.2, 0) is 19.6 Å². The molecule has 7 aromatic carbocycles. The number of nitrogens with zero attached hydrogens (tertiary/aromatic N) is 15. The second-order valence-electron chi connectivity index (χ2n) is 28.3. The predicted molar refractivity (Wildman–Crippen MR) is 442 cm³/mol. The normalized spacial score (nSPS) is 14.2. The van der Waals surface area contributed by atoms with Gasteiger partial charge in [0.25, 0.3) is 5.56 Å². The van der Waals surface area contributed by atoms with Crippen molar-refractivity contribution in [3.8, 4) is 17.2 Å². The van der Waals surface area contributed by atoms with Gasteiger partial charge in [0.05, 0.1) is 63.7 Å². The minimum atomic E-state index is -0.158. The molecule has 3 fully saturated rings. The molecule has 0 aliphatic carbocycles. The van der Waals surface area contributed by atoms with Crippen LogP contribution in [0.5, 0.6) is 17.2 Å². The monoisotopic (exact) mass is 1480 g/mol. The Morgan fingerprint density at radius 3 is 1.27 bits per heavy atom. The van der Waals surface area contributed by atoms with E-state index in [4.69, 9.17) is 46.0 Å². The van der Waals surface area contributed by atoms with Gasteiger partial charge in [-0.05, 0) is 157 Å². The zero-order valence-corrected chi connectivity index (χ0v) is 64.9. The molecule has 4 N–H and O–H groups in total. The number of aliphatic hydroxyl groups excluding tert-OH is 1. The van der Waals surface area contributed by atoms with Crippen molar-refractivity contribution in [3.63, 3.8) is 0 Å². The Bertz CT molecular complexity index is 5660. The lowest BCUT2D eigenvalue weighted by Gasteiger charge is -2.33. The number of aliphatic hydroxyl groups is 1. The van der Waals surface area contributed by atoms with Crippen LogP contribution in [0.15, 0.2) is 175 Å². The molecule has 11 heterocycles. The van der Waals surface area contributed by atoms with E-state index in [2.05, 4.69) is 169 Å². The minimum absolute atomic E-state index is 0.158. The lowest BCUT2D eigenvalue weighted by Crippen LogP contribution is -2.44. The van der Waals surface area contributed by atoms with E-state index in [0.717, 1.165) is 177 Å². The summed E-state index contributed by atoms with van der Waals surface area (Å²) in [5, 5.41) is 41.5. The first-order chi connectivity index (χ1) is 52.9. The number of methoxy groups -OCH3 is 3. The molecule has 23 nitrogen and oxygen atoms in total. The number of hydrogen-bond donors (Lipinski definition) is 4. The van der Waals surface area contributed by atoms with Gasteiger partial charge in [-0.25, -0.2) is 15.0 Å². The fourth-order valence-electron chi connectivity index (χ4n) is 13.8. The number of nitrogens with one attached hydrogen (secondary N) is 3. The summed E-state index contributed by atoms with van der Waals surface area (Å²) in [4.78, 5) is 41.4. The van der Waals surface area contributed by atoms with Crippen molar-refractivity contribution >= 4 is 110 Å². The van der Waals surface area contributed by atoms with Crippen LogP contribution in [0.25, 0.3) is 87.2 Å². The quantitative estimate of drug-likeness (QED) is 0.0882. The summed E-state index contributed by atoms with van der Waals surface area (Å²) in [6.45, 7) is 25.2. The number of fused-ring (bicyclic) bond motifs is 12. The molecule has 0 atom stereocenters. The van der Waals surface area contributed by atoms with Crippen LogP contribution in [-0.4, -0.2) is 207 Å². The van der Waals surface area contributed by atoms with Crippen LogP contribution in [0.4, 0.5) is 11.6 Å². The first kappa shape index (κ1) is 76.2. The maximum absolute atomic E-state index is 12.3. The van der Waals surface area contributed by atoms with Gasteiger partial charge in [0, 0.05) is 152 Å². The van der Waals surface area contributed by atoms with Gasteiger partial charge in [-0.1, -0.05) is 94.5 Å². The Morgan fingerprint density at radius 2 is 0.817 bits per heavy atom. The maximum Gasteiger partial charge on any atom is 0.276 e. The molecule has 0 amide bonds. The highest BCUT2D eigenvalue weighted by Crippen LogP contribution is 2.35. The van der Waals surface area contributed by atoms with Crippen molar-refractivity contribution in [3.05, 3.63) is 225 Å². The van der Waals surface area contributed by atoms with Crippen LogP contribution in [0.2, 0.25) is 5.15 Å². The van der Waals surface area contributed by atoms with Gasteiger partial charge in [-0.2, -0.15) is 20.4 Å². The fourth-order valence-corrected chi connectivity index (χ4v) is 14.0. The number of aryl methyl sites for hydroxylation is 4. The molecular formula is C85H97ClN18O5. The van der Waals surface area contributed by atoms with E-state index < -0.39 is 0 Å². The lowest BCUT2D eigenvalue weighted by molar-refractivity contribution is 0.291. The summed E-state index contributed by atoms with van der Waals surface area (Å²) < 4.78 is 21.4. The van der Waals surface area contributed by atoms with E-state index in [0.29, 0.717) is 30.3 Å². The molecular weight excluding hydrogens is 1390 g/mol. The third-order valence-electron chi connectivity index (χ3n) is 19.9. The average molecular weight is 1490 g/mol. The van der Waals surface area contributed by atoms with E-state index in [1.54, 1.807) is 28.3 Å². The number of halogens is 1. The van der Waals surface area contributed by atoms with Gasteiger partial charge in [0.2, 0.25) is 0 Å². The standard InChI is InChI=1S/C24H27N5O.C19H16ClN3O.C19H17N3O2.C16H19N5.C5H12N2.C2H6O/c1-17-4-9-22-20(14-17)21-16-29(15-18-5-7-19(30-3)8-6-18)26-23(21)24(25-22)28-12-10-27(2)11-13-28;1-12-3-8-17-15(9-12)16-11-23(22-18(16)19(20)21-17)10-13-4-6-14(24-2)7-5-13;1-12-3-8-17-15(9-12)16-11-22(21-18(16)19(23)20-17)10-13-4-6-14(24-2)7-5-13;1-11-3-4-14-12(9-11)13-10-17-19-15(13)16(18-14)21-7-5-20(2)6-8-21;1-7-4-2-6-3-5-7;1-2-3/h4-9,14,16H,10-13,15H2,1-3H3;3-9,11H,10H2,1-2H3;3-9,11H,10H2,1-2H3,(H,20,23);3-4,9-10H,5-8H2,1-2H3,(H,17,19);6H,2-5H2,1H3;3H,2H2,1H3. The number of aromatic amines is 2. The smallest absolute Gasteiger partial charge is 0.276 e. The third-order valence-corrected chi connectivity index (χ3v) is 20.2. The van der Waals surface area contributed by atoms with Crippen LogP contribution >= 0.6 is 11.6 Å². The number of benzene rings is 7. The molecule has 0 unspecified atom stereocenters. The largest absolute Gasteiger partial charge is 0.497 e. The summed E-state index contributed by atoms with van der Waals surface area (Å²) in [7, 11) is 11.5. The molecule has 3 aliphatic rings. The summed E-state index contributed by atoms with van der Waals surface area (Å²) >= 11 is 6.33. The fraction of sp³-hybridized carbons (Fsp3) is 0.318. The Balaban J connectivity index is 0.000000123. The van der Waals surface area contributed by atoms with Gasteiger partial charge >= 0.3 is 0 Å². The Morgan fingerprint density at radius 1 is 0.440 bits per heavy atom. The summed E-state index contributed by atoms with van der Waals surface area (Å²) in [6.07, 6.45) is 8.06. The van der Waals surface area contributed by atoms with Crippen LogP contribution in [0, 0.1) is 27.7 Å². The summed E-state index contributed by atoms with van der Waals surface area (Å²) in [5.41, 5.74) is 15.2. The van der Waals surface area contributed by atoms with Gasteiger partial charge in [-0.3, -0.25) is 23.9 Å². The number of pyridine rings is 4. The van der Waals surface area contributed by atoms with Crippen molar-refractivity contribution in [2.24, 2.45) is 0 Å². The number of aromatic nitrogens is 12. The van der Waals surface area contributed by atoms with Gasteiger partial charge in [0.15, 0.2) is 22.3 Å². The van der Waals surface area contributed by atoms with Crippen molar-refractivity contribution < 1.29 is 19.3 Å². The highest BCUT2D eigenvalue weighted by Gasteiger charge is 2.24. The second kappa shape index (κ2) is 34.9. The van der Waals surface area contributed by atoms with Crippen molar-refractivity contribution in [2.75, 3.05) is 137 Å². The number of likely N-dealkylation sites (N-methyl/N-ethyl adjacent to an activating group) is 3. The Labute approximate surface area is 639 Å². The number of rotatable bonds is 11. The Kier molecular flexibility index (Phi) is 24.4. The van der Waals surface area contributed by atoms with Gasteiger partial charge in [0.1, 0.15) is 33.8 Å². The second-order valence-corrected chi connectivity index (χ2v) is 28.6. The predicted octanol–water partition coefficient (Wildman–Crippen LogP) is 13.2.